The van der Waals surface area contributed by atoms with E-state index in [0.717, 1.165) is 18.9 Å². The Morgan fingerprint density at radius 3 is 2.83 bits per heavy atom. The van der Waals surface area contributed by atoms with Crippen molar-refractivity contribution in [2.75, 3.05) is 18.0 Å². The third-order valence-electron chi connectivity index (χ3n) is 1.89. The van der Waals surface area contributed by atoms with E-state index in [0.29, 0.717) is 0 Å². The van der Waals surface area contributed by atoms with Gasteiger partial charge in [-0.1, -0.05) is 18.6 Å². The van der Waals surface area contributed by atoms with Crippen LogP contribution in [0.15, 0.2) is 6.20 Å². The quantitative estimate of drug-likeness (QED) is 0.723. The monoisotopic (exact) mass is 168 g/mol. The lowest BCUT2D eigenvalue weighted by atomic mass is 10.3. The summed E-state index contributed by atoms with van der Waals surface area (Å²) in [4.78, 5) is 2.22. The van der Waals surface area contributed by atoms with Gasteiger partial charge in [0.05, 0.1) is 6.20 Å². The summed E-state index contributed by atoms with van der Waals surface area (Å²) >= 11 is 0. The number of hydrogen-bond donors (Lipinski definition) is 1. The maximum Gasteiger partial charge on any atom is 0.170 e. The number of aromatic amines is 1. The van der Waals surface area contributed by atoms with Gasteiger partial charge in [0.25, 0.3) is 0 Å². The molecule has 1 N–H and O–H groups in total. The minimum atomic E-state index is 0.950. The van der Waals surface area contributed by atoms with Crippen LogP contribution >= 0.6 is 0 Å². The molecule has 0 bridgehead atoms. The number of unbranched alkanes of at least 4 members (excludes halogenated alkanes) is 1. The van der Waals surface area contributed by atoms with Crippen LogP contribution < -0.4 is 4.90 Å². The Morgan fingerprint density at radius 2 is 2.33 bits per heavy atom. The molecular weight excluding hydrogens is 152 g/mol. The van der Waals surface area contributed by atoms with Gasteiger partial charge in [-0.05, 0) is 13.3 Å². The number of anilines is 1. The fourth-order valence-corrected chi connectivity index (χ4v) is 1.13. The van der Waals surface area contributed by atoms with Crippen LogP contribution in [-0.4, -0.2) is 28.5 Å². The Kier molecular flexibility index (Phi) is 3.57. The van der Waals surface area contributed by atoms with Crippen LogP contribution in [0.4, 0.5) is 5.82 Å². The number of hydrogen-bond acceptors (Lipinski definition) is 3. The minimum absolute atomic E-state index is 0.950. The van der Waals surface area contributed by atoms with Crippen molar-refractivity contribution in [3.05, 3.63) is 6.20 Å². The summed E-state index contributed by atoms with van der Waals surface area (Å²) in [6.45, 7) is 6.38. The van der Waals surface area contributed by atoms with Crippen LogP contribution in [0.2, 0.25) is 0 Å². The van der Waals surface area contributed by atoms with Crippen molar-refractivity contribution in [3.8, 4) is 0 Å². The van der Waals surface area contributed by atoms with E-state index in [1.165, 1.54) is 12.8 Å². The fraction of sp³-hybridized carbons (Fsp3) is 0.750. The van der Waals surface area contributed by atoms with Gasteiger partial charge < -0.3 is 4.90 Å². The Hall–Kier alpha value is -1.06. The van der Waals surface area contributed by atoms with Crippen LogP contribution in [0, 0.1) is 0 Å². The molecule has 0 unspecified atom stereocenters. The third-order valence-corrected chi connectivity index (χ3v) is 1.89. The number of rotatable bonds is 5. The highest BCUT2D eigenvalue weighted by atomic mass is 15.4. The molecule has 0 radical (unpaired) electrons. The van der Waals surface area contributed by atoms with Gasteiger partial charge >= 0.3 is 0 Å². The Morgan fingerprint density at radius 1 is 1.50 bits per heavy atom. The van der Waals surface area contributed by atoms with Crippen LogP contribution in [0.25, 0.3) is 0 Å². The summed E-state index contributed by atoms with van der Waals surface area (Å²) in [6.07, 6.45) is 4.26. The van der Waals surface area contributed by atoms with E-state index in [1.807, 2.05) is 6.20 Å². The molecule has 4 heteroatoms. The highest BCUT2D eigenvalue weighted by Gasteiger charge is 2.04. The SMILES string of the molecule is CCCCN(CC)c1c[nH]nn1. The van der Waals surface area contributed by atoms with Gasteiger partial charge in [0.1, 0.15) is 0 Å². The zero-order chi connectivity index (χ0) is 8.81. The van der Waals surface area contributed by atoms with E-state index in [9.17, 15) is 0 Å². The molecule has 0 aliphatic rings. The Bertz CT molecular complexity index is 195. The van der Waals surface area contributed by atoms with Crippen molar-refractivity contribution >= 4 is 5.82 Å². The van der Waals surface area contributed by atoms with Crippen molar-refractivity contribution in [3.63, 3.8) is 0 Å². The van der Waals surface area contributed by atoms with Gasteiger partial charge in [0.15, 0.2) is 5.82 Å². The van der Waals surface area contributed by atoms with Crippen LogP contribution in [0.3, 0.4) is 0 Å². The molecule has 0 spiro atoms. The van der Waals surface area contributed by atoms with Crippen molar-refractivity contribution < 1.29 is 0 Å². The zero-order valence-electron chi connectivity index (χ0n) is 7.75. The molecule has 1 aromatic rings. The molecule has 0 amide bonds. The highest BCUT2D eigenvalue weighted by molar-refractivity contribution is 5.33. The predicted octanol–water partition coefficient (Wildman–Crippen LogP) is 1.43. The minimum Gasteiger partial charge on any atom is -0.354 e. The van der Waals surface area contributed by atoms with Crippen LogP contribution in [-0.2, 0) is 0 Å². The second-order valence-corrected chi connectivity index (χ2v) is 2.76. The van der Waals surface area contributed by atoms with Gasteiger partial charge in [-0.15, -0.1) is 5.10 Å². The molecule has 0 aliphatic carbocycles. The number of nitrogens with zero attached hydrogens (tertiary/aromatic N) is 3. The molecular formula is C8H16N4. The Labute approximate surface area is 73.0 Å². The third kappa shape index (κ3) is 2.22. The van der Waals surface area contributed by atoms with Gasteiger partial charge in [-0.3, -0.25) is 5.10 Å². The van der Waals surface area contributed by atoms with E-state index in [1.54, 1.807) is 0 Å². The van der Waals surface area contributed by atoms with Gasteiger partial charge in [-0.25, -0.2) is 0 Å². The standard InChI is InChI=1S/C8H16N4/c1-3-5-6-12(4-2)8-7-9-11-10-8/h7H,3-6H2,1-2H3,(H,9,10,11). The average molecular weight is 168 g/mol. The first kappa shape index (κ1) is 9.03. The molecule has 0 saturated carbocycles. The predicted molar refractivity (Wildman–Crippen MR) is 49.2 cm³/mol. The summed E-state index contributed by atoms with van der Waals surface area (Å²) in [6, 6.07) is 0. The molecule has 1 heterocycles. The number of nitrogens with one attached hydrogen (secondary N) is 1. The van der Waals surface area contributed by atoms with Gasteiger partial charge in [0.2, 0.25) is 0 Å². The second-order valence-electron chi connectivity index (χ2n) is 2.76. The fourth-order valence-electron chi connectivity index (χ4n) is 1.13. The van der Waals surface area contributed by atoms with Gasteiger partial charge in [0, 0.05) is 13.1 Å². The summed E-state index contributed by atoms with van der Waals surface area (Å²) in [5, 5.41) is 10.4. The van der Waals surface area contributed by atoms with Crippen molar-refractivity contribution in [2.24, 2.45) is 0 Å². The highest BCUT2D eigenvalue weighted by Crippen LogP contribution is 2.07. The van der Waals surface area contributed by atoms with Crippen molar-refractivity contribution in [2.45, 2.75) is 26.7 Å². The lowest BCUT2D eigenvalue weighted by molar-refractivity contribution is 0.722. The van der Waals surface area contributed by atoms with Crippen LogP contribution in [0.1, 0.15) is 26.7 Å². The second kappa shape index (κ2) is 4.74. The molecule has 68 valence electrons. The van der Waals surface area contributed by atoms with Crippen LogP contribution in [0.5, 0.6) is 0 Å². The van der Waals surface area contributed by atoms with Gasteiger partial charge in [-0.2, -0.15) is 0 Å². The largest absolute Gasteiger partial charge is 0.354 e. The van der Waals surface area contributed by atoms with E-state index >= 15 is 0 Å². The summed E-state index contributed by atoms with van der Waals surface area (Å²) in [7, 11) is 0. The number of aromatic nitrogens is 3. The van der Waals surface area contributed by atoms with E-state index in [-0.39, 0.29) is 0 Å². The maximum absolute atomic E-state index is 3.96. The summed E-state index contributed by atoms with van der Waals surface area (Å²) in [5.41, 5.74) is 0. The lowest BCUT2D eigenvalue weighted by Crippen LogP contribution is -2.24. The smallest absolute Gasteiger partial charge is 0.170 e. The summed E-state index contributed by atoms with van der Waals surface area (Å²) < 4.78 is 0. The number of H-pyrrole nitrogens is 1. The molecule has 1 aromatic heterocycles. The first-order valence-corrected chi connectivity index (χ1v) is 4.49. The van der Waals surface area contributed by atoms with Crippen molar-refractivity contribution in [1.82, 2.24) is 15.4 Å². The molecule has 0 aliphatic heterocycles. The normalized spacial score (nSPS) is 10.2. The Balaban J connectivity index is 2.45. The maximum atomic E-state index is 3.96. The first-order chi connectivity index (χ1) is 5.88. The van der Waals surface area contributed by atoms with E-state index < -0.39 is 0 Å². The topological polar surface area (TPSA) is 44.8 Å². The van der Waals surface area contributed by atoms with E-state index in [4.69, 9.17) is 0 Å². The lowest BCUT2D eigenvalue weighted by Gasteiger charge is -2.18. The molecule has 12 heavy (non-hydrogen) atoms. The molecule has 0 fully saturated rings. The molecule has 0 aromatic carbocycles. The first-order valence-electron chi connectivity index (χ1n) is 4.49. The summed E-state index contributed by atoms with van der Waals surface area (Å²) in [5.74, 6) is 0.950. The molecule has 0 saturated heterocycles. The molecule has 0 atom stereocenters. The molecule has 1 rings (SSSR count). The molecule has 4 nitrogen and oxygen atoms in total. The average Bonchev–Trinajstić information content (AvgIpc) is 2.59. The van der Waals surface area contributed by atoms with E-state index in [2.05, 4.69) is 34.2 Å². The van der Waals surface area contributed by atoms with Crippen molar-refractivity contribution in [1.29, 1.82) is 0 Å². The zero-order valence-corrected chi connectivity index (χ0v) is 7.75.